The molecule has 0 saturated carbocycles. The van der Waals surface area contributed by atoms with Crippen molar-refractivity contribution in [2.75, 3.05) is 19.6 Å². The van der Waals surface area contributed by atoms with Crippen LogP contribution in [0.3, 0.4) is 0 Å². The summed E-state index contributed by atoms with van der Waals surface area (Å²) in [5.41, 5.74) is 0.760. The Morgan fingerprint density at radius 1 is 1.26 bits per heavy atom. The van der Waals surface area contributed by atoms with Crippen LogP contribution in [0.5, 0.6) is 11.5 Å². The van der Waals surface area contributed by atoms with Gasteiger partial charge >= 0.3 is 0 Å². The molecule has 4 heteroatoms. The average Bonchev–Trinajstić information content (AvgIpc) is 2.42. The van der Waals surface area contributed by atoms with Crippen molar-refractivity contribution in [3.05, 3.63) is 23.8 Å². The Morgan fingerprint density at radius 3 is 2.68 bits per heavy atom. The van der Waals surface area contributed by atoms with Crippen molar-refractivity contribution >= 4 is 0 Å². The number of nitrogens with zero attached hydrogens (tertiary/aromatic N) is 1. The fraction of sp³-hybridized carbons (Fsp3) is 0.600. The van der Waals surface area contributed by atoms with Crippen LogP contribution in [0.2, 0.25) is 0 Å². The standard InChI is InChI=1S/C15H24N2O2/c1-2-8-17-9-6-13(7-10-17)16-11-12-4-3-5-14(18)15(12)19/h3-5,13,16,18-19H,2,6-11H2,1H3. The Morgan fingerprint density at radius 2 is 2.00 bits per heavy atom. The molecule has 0 spiro atoms. The number of piperidine rings is 1. The quantitative estimate of drug-likeness (QED) is 0.713. The van der Waals surface area contributed by atoms with Crippen LogP contribution in [0.25, 0.3) is 0 Å². The zero-order chi connectivity index (χ0) is 13.7. The molecular weight excluding hydrogens is 240 g/mol. The summed E-state index contributed by atoms with van der Waals surface area (Å²) in [6.07, 6.45) is 3.52. The molecule has 2 rings (SSSR count). The third-order valence-corrected chi connectivity index (χ3v) is 3.81. The molecule has 1 aromatic rings. The molecule has 0 unspecified atom stereocenters. The third-order valence-electron chi connectivity index (χ3n) is 3.81. The van der Waals surface area contributed by atoms with E-state index in [1.807, 2.05) is 6.07 Å². The Labute approximate surface area is 115 Å². The summed E-state index contributed by atoms with van der Waals surface area (Å²) in [6.45, 7) is 6.32. The Bertz CT molecular complexity index is 401. The van der Waals surface area contributed by atoms with Gasteiger partial charge in [-0.25, -0.2) is 0 Å². The molecule has 0 radical (unpaired) electrons. The van der Waals surface area contributed by atoms with Gasteiger partial charge in [0.2, 0.25) is 0 Å². The summed E-state index contributed by atoms with van der Waals surface area (Å²) in [5, 5.41) is 22.7. The lowest BCUT2D eigenvalue weighted by Crippen LogP contribution is -2.42. The van der Waals surface area contributed by atoms with Crippen molar-refractivity contribution in [3.8, 4) is 11.5 Å². The van der Waals surface area contributed by atoms with Crippen molar-refractivity contribution in [3.63, 3.8) is 0 Å². The number of phenols is 2. The molecule has 0 aromatic heterocycles. The van der Waals surface area contributed by atoms with Gasteiger partial charge in [-0.15, -0.1) is 0 Å². The molecule has 1 saturated heterocycles. The highest BCUT2D eigenvalue weighted by atomic mass is 16.3. The molecule has 3 N–H and O–H groups in total. The smallest absolute Gasteiger partial charge is 0.161 e. The molecule has 1 aromatic carbocycles. The van der Waals surface area contributed by atoms with Crippen LogP contribution >= 0.6 is 0 Å². The number of para-hydroxylation sites is 1. The Hall–Kier alpha value is -1.26. The van der Waals surface area contributed by atoms with Crippen LogP contribution in [-0.2, 0) is 6.54 Å². The molecule has 0 bridgehead atoms. The van der Waals surface area contributed by atoms with E-state index in [1.54, 1.807) is 6.07 Å². The summed E-state index contributed by atoms with van der Waals surface area (Å²) in [6, 6.07) is 5.61. The van der Waals surface area contributed by atoms with Gasteiger partial charge in [-0.05, 0) is 45.0 Å². The fourth-order valence-electron chi connectivity index (χ4n) is 2.65. The zero-order valence-corrected chi connectivity index (χ0v) is 11.6. The van der Waals surface area contributed by atoms with Gasteiger partial charge < -0.3 is 20.4 Å². The Kier molecular flexibility index (Phi) is 5.05. The second-order valence-electron chi connectivity index (χ2n) is 5.28. The molecule has 1 heterocycles. The first-order chi connectivity index (χ1) is 9.20. The second-order valence-corrected chi connectivity index (χ2v) is 5.28. The van der Waals surface area contributed by atoms with Crippen LogP contribution in [0.4, 0.5) is 0 Å². The van der Waals surface area contributed by atoms with E-state index in [0.29, 0.717) is 12.6 Å². The van der Waals surface area contributed by atoms with Crippen LogP contribution in [0.1, 0.15) is 31.7 Å². The summed E-state index contributed by atoms with van der Waals surface area (Å²) >= 11 is 0. The maximum Gasteiger partial charge on any atom is 0.161 e. The van der Waals surface area contributed by atoms with Gasteiger partial charge in [0.05, 0.1) is 0 Å². The van der Waals surface area contributed by atoms with Gasteiger partial charge in [0.15, 0.2) is 11.5 Å². The first kappa shape index (κ1) is 14.2. The maximum atomic E-state index is 9.74. The Balaban J connectivity index is 1.79. The summed E-state index contributed by atoms with van der Waals surface area (Å²) in [7, 11) is 0. The number of aromatic hydroxyl groups is 2. The lowest BCUT2D eigenvalue weighted by atomic mass is 10.0. The summed E-state index contributed by atoms with van der Waals surface area (Å²) in [4.78, 5) is 2.50. The monoisotopic (exact) mass is 264 g/mol. The van der Waals surface area contributed by atoms with E-state index >= 15 is 0 Å². The highest BCUT2D eigenvalue weighted by Crippen LogP contribution is 2.28. The van der Waals surface area contributed by atoms with E-state index in [4.69, 9.17) is 0 Å². The van der Waals surface area contributed by atoms with Crippen molar-refractivity contribution < 1.29 is 10.2 Å². The molecule has 1 fully saturated rings. The fourth-order valence-corrected chi connectivity index (χ4v) is 2.65. The molecule has 0 aliphatic carbocycles. The van der Waals surface area contributed by atoms with E-state index in [1.165, 1.54) is 19.0 Å². The minimum atomic E-state index is -0.0444. The van der Waals surface area contributed by atoms with Crippen molar-refractivity contribution in [2.24, 2.45) is 0 Å². The first-order valence-corrected chi connectivity index (χ1v) is 7.16. The number of likely N-dealkylation sites (tertiary alicyclic amines) is 1. The SMILES string of the molecule is CCCN1CCC(NCc2cccc(O)c2O)CC1. The number of hydrogen-bond acceptors (Lipinski definition) is 4. The molecule has 19 heavy (non-hydrogen) atoms. The predicted octanol–water partition coefficient (Wildman–Crippen LogP) is 2.06. The van der Waals surface area contributed by atoms with Gasteiger partial charge in [0.1, 0.15) is 0 Å². The number of benzene rings is 1. The highest BCUT2D eigenvalue weighted by molar-refractivity contribution is 5.44. The predicted molar refractivity (Wildman–Crippen MR) is 76.4 cm³/mol. The normalized spacial score (nSPS) is 17.7. The van der Waals surface area contributed by atoms with Crippen LogP contribution in [0, 0.1) is 0 Å². The van der Waals surface area contributed by atoms with Gasteiger partial charge in [0, 0.05) is 18.2 Å². The zero-order valence-electron chi connectivity index (χ0n) is 11.6. The van der Waals surface area contributed by atoms with Crippen LogP contribution < -0.4 is 5.32 Å². The van der Waals surface area contributed by atoms with Crippen molar-refractivity contribution in [2.45, 2.75) is 38.8 Å². The molecule has 106 valence electrons. The molecule has 1 aliphatic heterocycles. The number of phenolic OH excluding ortho intramolecular Hbond substituents is 2. The lowest BCUT2D eigenvalue weighted by molar-refractivity contribution is 0.197. The van der Waals surface area contributed by atoms with E-state index in [-0.39, 0.29) is 11.5 Å². The topological polar surface area (TPSA) is 55.7 Å². The maximum absolute atomic E-state index is 9.74. The highest BCUT2D eigenvalue weighted by Gasteiger charge is 2.18. The molecule has 1 aliphatic rings. The number of rotatable bonds is 5. The largest absolute Gasteiger partial charge is 0.504 e. The second kappa shape index (κ2) is 6.78. The molecular formula is C15H24N2O2. The number of nitrogens with one attached hydrogen (secondary N) is 1. The van der Waals surface area contributed by atoms with Gasteiger partial charge in [-0.3, -0.25) is 0 Å². The first-order valence-electron chi connectivity index (χ1n) is 7.16. The third kappa shape index (κ3) is 3.85. The molecule has 4 nitrogen and oxygen atoms in total. The lowest BCUT2D eigenvalue weighted by Gasteiger charge is -2.32. The minimum Gasteiger partial charge on any atom is -0.504 e. The summed E-state index contributed by atoms with van der Waals surface area (Å²) < 4.78 is 0. The average molecular weight is 264 g/mol. The van der Waals surface area contributed by atoms with Gasteiger partial charge in [-0.1, -0.05) is 19.1 Å². The number of hydrogen-bond donors (Lipinski definition) is 3. The van der Waals surface area contributed by atoms with E-state index in [2.05, 4.69) is 17.1 Å². The van der Waals surface area contributed by atoms with Crippen LogP contribution in [0.15, 0.2) is 18.2 Å². The van der Waals surface area contributed by atoms with Crippen molar-refractivity contribution in [1.29, 1.82) is 0 Å². The van der Waals surface area contributed by atoms with Crippen molar-refractivity contribution in [1.82, 2.24) is 10.2 Å². The van der Waals surface area contributed by atoms with Gasteiger partial charge in [-0.2, -0.15) is 0 Å². The van der Waals surface area contributed by atoms with E-state index in [9.17, 15) is 10.2 Å². The molecule has 0 amide bonds. The van der Waals surface area contributed by atoms with Crippen LogP contribution in [-0.4, -0.2) is 40.8 Å². The summed E-state index contributed by atoms with van der Waals surface area (Å²) in [5.74, 6) is -0.0458. The van der Waals surface area contributed by atoms with Gasteiger partial charge in [0.25, 0.3) is 0 Å². The molecule has 0 atom stereocenters. The van der Waals surface area contributed by atoms with E-state index < -0.39 is 0 Å². The van der Waals surface area contributed by atoms with E-state index in [0.717, 1.165) is 31.5 Å². The minimum absolute atomic E-state index is 0.00146.